The fourth-order valence-corrected chi connectivity index (χ4v) is 5.41. The van der Waals surface area contributed by atoms with Gasteiger partial charge in [0.2, 0.25) is 5.91 Å². The molecular formula is C28H35N7O3. The summed E-state index contributed by atoms with van der Waals surface area (Å²) >= 11 is 0. The molecule has 10 nitrogen and oxygen atoms in total. The van der Waals surface area contributed by atoms with Gasteiger partial charge < -0.3 is 20.4 Å². The monoisotopic (exact) mass is 517 g/mol. The van der Waals surface area contributed by atoms with Gasteiger partial charge in [-0.3, -0.25) is 19.9 Å². The lowest BCUT2D eigenvalue weighted by atomic mass is 9.98. The van der Waals surface area contributed by atoms with Crippen LogP contribution >= 0.6 is 0 Å². The number of nitrogens with zero attached hydrogens (tertiary/aromatic N) is 3. The number of amidine groups is 1. The normalized spacial score (nSPS) is 22.2. The zero-order chi connectivity index (χ0) is 26.8. The number of aryl methyl sites for hydroxylation is 2. The Bertz CT molecular complexity index is 1360. The van der Waals surface area contributed by atoms with Gasteiger partial charge >= 0.3 is 0 Å². The first-order valence-corrected chi connectivity index (χ1v) is 13.2. The van der Waals surface area contributed by atoms with E-state index in [9.17, 15) is 9.59 Å². The van der Waals surface area contributed by atoms with Crippen LogP contribution in [0.2, 0.25) is 0 Å². The van der Waals surface area contributed by atoms with E-state index in [1.807, 2.05) is 43.0 Å². The molecule has 2 saturated heterocycles. The third-order valence-corrected chi connectivity index (χ3v) is 7.48. The summed E-state index contributed by atoms with van der Waals surface area (Å²) in [5.74, 6) is -0.110. The Hall–Kier alpha value is -3.92. The van der Waals surface area contributed by atoms with E-state index in [1.165, 1.54) is 12.8 Å². The third kappa shape index (κ3) is 5.22. The highest BCUT2D eigenvalue weighted by atomic mass is 16.3. The lowest BCUT2D eigenvalue weighted by Gasteiger charge is -2.34. The average molecular weight is 518 g/mol. The van der Waals surface area contributed by atoms with E-state index in [-0.39, 0.29) is 29.1 Å². The molecule has 5 N–H and O–H groups in total. The van der Waals surface area contributed by atoms with Gasteiger partial charge in [0.05, 0.1) is 11.3 Å². The molecule has 0 spiro atoms. The highest BCUT2D eigenvalue weighted by Gasteiger charge is 2.32. The molecule has 4 heterocycles. The van der Waals surface area contributed by atoms with Crippen molar-refractivity contribution < 1.29 is 14.0 Å². The summed E-state index contributed by atoms with van der Waals surface area (Å²) in [7, 11) is 0. The third-order valence-electron chi connectivity index (χ3n) is 7.48. The molecular weight excluding hydrogens is 482 g/mol. The fraction of sp³-hybridized carbons (Fsp3) is 0.429. The summed E-state index contributed by atoms with van der Waals surface area (Å²) in [4.78, 5) is 29.5. The van der Waals surface area contributed by atoms with E-state index in [2.05, 4.69) is 20.7 Å². The number of rotatable bonds is 6. The molecule has 1 aromatic carbocycles. The summed E-state index contributed by atoms with van der Waals surface area (Å²) in [6, 6.07) is 5.81. The van der Waals surface area contributed by atoms with Gasteiger partial charge in [0.15, 0.2) is 11.6 Å². The first kappa shape index (κ1) is 25.7. The predicted octanol–water partition coefficient (Wildman–Crippen LogP) is 2.42. The van der Waals surface area contributed by atoms with Gasteiger partial charge in [0.25, 0.3) is 5.91 Å². The first-order chi connectivity index (χ1) is 18.3. The Kier molecular flexibility index (Phi) is 7.33. The Morgan fingerprint density at radius 2 is 2.05 bits per heavy atom. The number of likely N-dealkylation sites (tertiary alicyclic amines) is 2. The molecule has 2 fully saturated rings. The van der Waals surface area contributed by atoms with Gasteiger partial charge in [0, 0.05) is 42.7 Å². The maximum atomic E-state index is 13.0. The second kappa shape index (κ2) is 10.8. The topological polar surface area (TPSA) is 140 Å². The molecule has 3 aliphatic heterocycles. The molecule has 2 amide bonds. The number of carbonyl (C=O) groups excluding carboxylic acids is 2. The number of nitrogens with one attached hydrogen (secondary N) is 3. The molecule has 5 rings (SSSR count). The van der Waals surface area contributed by atoms with Crippen LogP contribution in [0.1, 0.15) is 42.6 Å². The van der Waals surface area contributed by atoms with Gasteiger partial charge in [-0.05, 0) is 64.8 Å². The Labute approximate surface area is 222 Å². The molecule has 2 aromatic rings. The van der Waals surface area contributed by atoms with E-state index in [4.69, 9.17) is 15.6 Å². The predicted molar refractivity (Wildman–Crippen MR) is 148 cm³/mol. The van der Waals surface area contributed by atoms with Gasteiger partial charge in [0.1, 0.15) is 11.3 Å². The van der Waals surface area contributed by atoms with Gasteiger partial charge in [-0.1, -0.05) is 17.7 Å². The number of piperidine rings is 1. The van der Waals surface area contributed by atoms with E-state index < -0.39 is 5.91 Å². The second-order valence-corrected chi connectivity index (χ2v) is 10.3. The molecule has 0 aliphatic carbocycles. The second-order valence-electron chi connectivity index (χ2n) is 10.3. The summed E-state index contributed by atoms with van der Waals surface area (Å²) < 4.78 is 6.26. The number of hydrogen-bond donors (Lipinski definition) is 4. The van der Waals surface area contributed by atoms with Crippen LogP contribution in [0.3, 0.4) is 0 Å². The molecule has 200 valence electrons. The van der Waals surface area contributed by atoms with Crippen LogP contribution in [0.5, 0.6) is 0 Å². The van der Waals surface area contributed by atoms with Crippen LogP contribution < -0.4 is 16.5 Å². The van der Waals surface area contributed by atoms with Crippen molar-refractivity contribution in [3.05, 3.63) is 52.8 Å². The van der Waals surface area contributed by atoms with Crippen LogP contribution in [0.25, 0.3) is 16.7 Å². The molecule has 0 radical (unpaired) electrons. The Morgan fingerprint density at radius 3 is 2.84 bits per heavy atom. The number of fused-ring (bicyclic) bond motifs is 1. The average Bonchev–Trinajstić information content (AvgIpc) is 3.54. The Morgan fingerprint density at radius 1 is 1.26 bits per heavy atom. The smallest absolute Gasteiger partial charge is 0.290 e. The van der Waals surface area contributed by atoms with Crippen molar-refractivity contribution in [3.63, 3.8) is 0 Å². The van der Waals surface area contributed by atoms with E-state index in [0.717, 1.165) is 49.0 Å². The van der Waals surface area contributed by atoms with Crippen LogP contribution in [0.4, 0.5) is 0 Å². The number of nitrogens with two attached hydrogens (primary N) is 1. The summed E-state index contributed by atoms with van der Waals surface area (Å²) in [6.45, 7) is 8.11. The molecule has 3 aliphatic rings. The van der Waals surface area contributed by atoms with Gasteiger partial charge in [-0.25, -0.2) is 5.43 Å². The van der Waals surface area contributed by atoms with Crippen LogP contribution in [-0.4, -0.2) is 71.9 Å². The molecule has 1 aromatic heterocycles. The van der Waals surface area contributed by atoms with Crippen molar-refractivity contribution >= 4 is 40.0 Å². The molecule has 0 saturated carbocycles. The van der Waals surface area contributed by atoms with Crippen LogP contribution in [-0.2, 0) is 9.59 Å². The van der Waals surface area contributed by atoms with E-state index in [0.29, 0.717) is 30.1 Å². The Balaban J connectivity index is 1.43. The quantitative estimate of drug-likeness (QED) is 0.434. The maximum absolute atomic E-state index is 13.0. The zero-order valence-electron chi connectivity index (χ0n) is 22.0. The van der Waals surface area contributed by atoms with Crippen molar-refractivity contribution in [2.75, 3.05) is 32.7 Å². The first-order valence-electron chi connectivity index (χ1n) is 13.2. The lowest BCUT2D eigenvalue weighted by molar-refractivity contribution is -0.127. The van der Waals surface area contributed by atoms with Crippen molar-refractivity contribution in [3.8, 4) is 0 Å². The summed E-state index contributed by atoms with van der Waals surface area (Å²) in [5, 5.41) is 16.9. The fourth-order valence-electron chi connectivity index (χ4n) is 5.41. The van der Waals surface area contributed by atoms with Gasteiger partial charge in [-0.15, -0.1) is 0 Å². The number of furan rings is 1. The zero-order valence-corrected chi connectivity index (χ0v) is 22.0. The molecule has 10 heteroatoms. The summed E-state index contributed by atoms with van der Waals surface area (Å²) in [6.07, 6.45) is 7.71. The largest absolute Gasteiger partial charge is 0.454 e. The number of hydrogen-bond acceptors (Lipinski definition) is 8. The van der Waals surface area contributed by atoms with E-state index in [1.54, 1.807) is 6.08 Å². The minimum atomic E-state index is -0.637. The van der Waals surface area contributed by atoms with Crippen molar-refractivity contribution in [2.24, 2.45) is 10.8 Å². The summed E-state index contributed by atoms with van der Waals surface area (Å²) in [5.41, 5.74) is 11.5. The van der Waals surface area contributed by atoms with Crippen molar-refractivity contribution in [1.82, 2.24) is 20.5 Å². The number of amides is 2. The minimum absolute atomic E-state index is 0.00819. The SMILES string of the molecule is Cc1ccc2oc(/C(NC3CCCN(C(=O)/C=C/CN4CCCC4)C3)=C3/C(=N)C(=O)NN=C3N)c(C)c2c1. The highest BCUT2D eigenvalue weighted by molar-refractivity contribution is 6.53. The number of hydrazone groups is 1. The molecule has 1 atom stereocenters. The van der Waals surface area contributed by atoms with Crippen molar-refractivity contribution in [2.45, 2.75) is 45.6 Å². The maximum Gasteiger partial charge on any atom is 0.290 e. The molecule has 38 heavy (non-hydrogen) atoms. The molecule has 1 unspecified atom stereocenters. The van der Waals surface area contributed by atoms with Gasteiger partial charge in [-0.2, -0.15) is 5.10 Å². The number of benzene rings is 1. The van der Waals surface area contributed by atoms with Crippen LogP contribution in [0, 0.1) is 19.3 Å². The molecule has 0 bridgehead atoms. The standard InChI is InChI=1S/C28H35N7O3/c1-17-9-10-21-20(15-17)18(2)26(38-21)25(23-24(29)28(37)33-32-27(23)30)31-19-7-5-14-35(16-19)22(36)8-6-13-34-11-3-4-12-34/h6,8-10,15,19,29,31H,3-5,7,11-14,16H2,1-2H3,(H2,30,32)(H,33,37)/b8-6+,25-23+,29-24?. The minimum Gasteiger partial charge on any atom is -0.454 e. The lowest BCUT2D eigenvalue weighted by Crippen LogP contribution is -2.48. The highest BCUT2D eigenvalue weighted by Crippen LogP contribution is 2.32. The number of carbonyl (C=O) groups is 2. The van der Waals surface area contributed by atoms with E-state index >= 15 is 0 Å². The van der Waals surface area contributed by atoms with Crippen molar-refractivity contribution in [1.29, 1.82) is 5.41 Å². The van der Waals surface area contributed by atoms with Crippen LogP contribution in [0.15, 0.2) is 45.4 Å².